The van der Waals surface area contributed by atoms with Gasteiger partial charge in [0.2, 0.25) is 0 Å². The molecule has 1 amide bonds. The normalized spacial score (nSPS) is 22.9. The molecule has 2 aromatic rings. The summed E-state index contributed by atoms with van der Waals surface area (Å²) in [6.07, 6.45) is 4.33. The fraction of sp³-hybridized carbons (Fsp3) is 0.444. The second-order valence-electron chi connectivity index (χ2n) is 6.73. The molecule has 0 unspecified atom stereocenters. The van der Waals surface area contributed by atoms with Crippen LogP contribution in [0.15, 0.2) is 24.4 Å². The quantitative estimate of drug-likeness (QED) is 0.908. The van der Waals surface area contributed by atoms with Crippen molar-refractivity contribution >= 4 is 5.91 Å². The Morgan fingerprint density at radius 2 is 2.08 bits per heavy atom. The van der Waals surface area contributed by atoms with Crippen LogP contribution in [0.3, 0.4) is 0 Å². The molecule has 2 aliphatic heterocycles. The van der Waals surface area contributed by atoms with Crippen LogP contribution < -0.4 is 0 Å². The van der Waals surface area contributed by atoms with E-state index in [0.717, 1.165) is 43.8 Å². The van der Waals surface area contributed by atoms with Gasteiger partial charge < -0.3 is 14.6 Å². The number of aliphatic hydroxyl groups excluding tert-OH is 1. The second-order valence-corrected chi connectivity index (χ2v) is 6.73. The monoisotopic (exact) mass is 347 g/mol. The molecule has 4 rings (SSSR count). The predicted molar refractivity (Wildman–Crippen MR) is 85.9 cm³/mol. The highest BCUT2D eigenvalue weighted by Crippen LogP contribution is 2.34. The molecule has 1 fully saturated rings. The number of aryl methyl sites for hydroxylation is 2. The first-order chi connectivity index (χ1) is 12.0. The van der Waals surface area contributed by atoms with Gasteiger partial charge in [0.05, 0.1) is 12.1 Å². The summed E-state index contributed by atoms with van der Waals surface area (Å²) < 4.78 is 28.8. The minimum absolute atomic E-state index is 0.157. The number of halogens is 2. The number of benzene rings is 1. The first kappa shape index (κ1) is 16.2. The van der Waals surface area contributed by atoms with E-state index in [9.17, 15) is 18.7 Å². The maximum atomic E-state index is 13.6. The molecule has 1 aromatic heterocycles. The average Bonchev–Trinajstić information content (AvgIpc) is 3.20. The molecular formula is C18H19F2N3O2. The Morgan fingerprint density at radius 3 is 2.84 bits per heavy atom. The van der Waals surface area contributed by atoms with Crippen LogP contribution in [0.25, 0.3) is 0 Å². The Labute approximate surface area is 143 Å². The molecule has 132 valence electrons. The van der Waals surface area contributed by atoms with Gasteiger partial charge in [-0.1, -0.05) is 6.07 Å². The van der Waals surface area contributed by atoms with E-state index in [-0.39, 0.29) is 12.5 Å². The van der Waals surface area contributed by atoms with Crippen molar-refractivity contribution < 1.29 is 18.7 Å². The van der Waals surface area contributed by atoms with Crippen LogP contribution in [0.5, 0.6) is 0 Å². The van der Waals surface area contributed by atoms with Crippen molar-refractivity contribution in [2.45, 2.75) is 44.4 Å². The number of imidazole rings is 1. The summed E-state index contributed by atoms with van der Waals surface area (Å²) in [5, 5.41) is 10.0. The Bertz CT molecular complexity index is 797. The Hall–Kier alpha value is -2.28. The van der Waals surface area contributed by atoms with Gasteiger partial charge in [-0.3, -0.25) is 4.79 Å². The van der Waals surface area contributed by atoms with Gasteiger partial charge in [0.1, 0.15) is 11.5 Å². The van der Waals surface area contributed by atoms with Crippen molar-refractivity contribution in [1.82, 2.24) is 14.5 Å². The molecule has 1 saturated heterocycles. The van der Waals surface area contributed by atoms with Gasteiger partial charge in [-0.25, -0.2) is 13.8 Å². The summed E-state index contributed by atoms with van der Waals surface area (Å²) >= 11 is 0. The lowest BCUT2D eigenvalue weighted by atomic mass is 10.0. The molecule has 25 heavy (non-hydrogen) atoms. The first-order valence-electron chi connectivity index (χ1n) is 8.53. The van der Waals surface area contributed by atoms with Crippen LogP contribution >= 0.6 is 0 Å². The minimum Gasteiger partial charge on any atom is -0.391 e. The molecule has 2 atom stereocenters. The molecule has 1 N–H and O–H groups in total. The maximum Gasteiger partial charge on any atom is 0.274 e. The SMILES string of the molecule is O=C(c1cn2c(n1)CCCC2)N1C[C@H](O)C[C@H]1c1ccc(F)c(F)c1. The van der Waals surface area contributed by atoms with E-state index in [1.165, 1.54) is 11.0 Å². The van der Waals surface area contributed by atoms with E-state index >= 15 is 0 Å². The summed E-state index contributed by atoms with van der Waals surface area (Å²) in [4.78, 5) is 18.9. The zero-order chi connectivity index (χ0) is 17.6. The smallest absolute Gasteiger partial charge is 0.274 e. The lowest BCUT2D eigenvalue weighted by molar-refractivity contribution is 0.0710. The number of hydrogen-bond donors (Lipinski definition) is 1. The Kier molecular flexibility index (Phi) is 4.03. The predicted octanol–water partition coefficient (Wildman–Crippen LogP) is 2.45. The zero-order valence-corrected chi connectivity index (χ0v) is 13.7. The van der Waals surface area contributed by atoms with Crippen LogP contribution in [0.2, 0.25) is 0 Å². The Balaban J connectivity index is 1.63. The molecular weight excluding hydrogens is 328 g/mol. The van der Waals surface area contributed by atoms with Crippen molar-refractivity contribution in [2.24, 2.45) is 0 Å². The molecule has 0 saturated carbocycles. The molecule has 2 aliphatic rings. The number of aromatic nitrogens is 2. The summed E-state index contributed by atoms with van der Waals surface area (Å²) in [5.74, 6) is -1.27. The standard InChI is InChI=1S/C18H19F2N3O2/c19-13-5-4-11(7-14(13)20)16-8-12(24)9-23(16)18(25)15-10-22-6-2-1-3-17(22)21-15/h4-5,7,10,12,16,24H,1-3,6,8-9H2/t12-,16+/m1/s1. The van der Waals surface area contributed by atoms with E-state index < -0.39 is 23.8 Å². The van der Waals surface area contributed by atoms with E-state index in [4.69, 9.17) is 0 Å². The van der Waals surface area contributed by atoms with Crippen molar-refractivity contribution in [3.63, 3.8) is 0 Å². The van der Waals surface area contributed by atoms with Crippen LogP contribution in [0, 0.1) is 11.6 Å². The highest BCUT2D eigenvalue weighted by molar-refractivity contribution is 5.92. The largest absolute Gasteiger partial charge is 0.391 e. The molecule has 0 spiro atoms. The van der Waals surface area contributed by atoms with Crippen molar-refractivity contribution in [3.05, 3.63) is 53.1 Å². The van der Waals surface area contributed by atoms with Crippen LogP contribution in [0.4, 0.5) is 8.78 Å². The molecule has 0 radical (unpaired) electrons. The number of amides is 1. The van der Waals surface area contributed by atoms with E-state index in [0.29, 0.717) is 17.7 Å². The zero-order valence-electron chi connectivity index (χ0n) is 13.7. The molecule has 3 heterocycles. The number of rotatable bonds is 2. The number of carbonyl (C=O) groups is 1. The van der Waals surface area contributed by atoms with E-state index in [2.05, 4.69) is 4.98 Å². The fourth-order valence-corrected chi connectivity index (χ4v) is 3.74. The number of likely N-dealkylation sites (tertiary alicyclic amines) is 1. The second kappa shape index (κ2) is 6.22. The van der Waals surface area contributed by atoms with Crippen molar-refractivity contribution in [2.75, 3.05) is 6.54 Å². The third kappa shape index (κ3) is 2.93. The number of hydrogen-bond acceptors (Lipinski definition) is 3. The molecule has 7 heteroatoms. The summed E-state index contributed by atoms with van der Waals surface area (Å²) in [7, 11) is 0. The third-order valence-corrected chi connectivity index (χ3v) is 5.00. The van der Waals surface area contributed by atoms with Crippen LogP contribution in [-0.4, -0.2) is 38.1 Å². The molecule has 5 nitrogen and oxygen atoms in total. The van der Waals surface area contributed by atoms with Gasteiger partial charge in [0.25, 0.3) is 5.91 Å². The van der Waals surface area contributed by atoms with Crippen LogP contribution in [-0.2, 0) is 13.0 Å². The highest BCUT2D eigenvalue weighted by atomic mass is 19.2. The molecule has 1 aromatic carbocycles. The molecule has 0 bridgehead atoms. The summed E-state index contributed by atoms with van der Waals surface area (Å²) in [6.45, 7) is 1.01. The van der Waals surface area contributed by atoms with E-state index in [1.54, 1.807) is 6.20 Å². The maximum absolute atomic E-state index is 13.6. The Morgan fingerprint density at radius 1 is 1.24 bits per heavy atom. The third-order valence-electron chi connectivity index (χ3n) is 5.00. The summed E-state index contributed by atoms with van der Waals surface area (Å²) in [6, 6.07) is 3.11. The van der Waals surface area contributed by atoms with E-state index in [1.807, 2.05) is 4.57 Å². The van der Waals surface area contributed by atoms with Crippen LogP contribution in [0.1, 0.15) is 47.2 Å². The number of fused-ring (bicyclic) bond motifs is 1. The first-order valence-corrected chi connectivity index (χ1v) is 8.53. The van der Waals surface area contributed by atoms with Gasteiger partial charge >= 0.3 is 0 Å². The van der Waals surface area contributed by atoms with Gasteiger partial charge in [-0.05, 0) is 37.0 Å². The lowest BCUT2D eigenvalue weighted by Gasteiger charge is -2.24. The lowest BCUT2D eigenvalue weighted by Crippen LogP contribution is -2.32. The van der Waals surface area contributed by atoms with Gasteiger partial charge in [-0.2, -0.15) is 0 Å². The fourth-order valence-electron chi connectivity index (χ4n) is 3.74. The van der Waals surface area contributed by atoms with Gasteiger partial charge in [0, 0.05) is 25.7 Å². The highest BCUT2D eigenvalue weighted by Gasteiger charge is 2.37. The van der Waals surface area contributed by atoms with Crippen molar-refractivity contribution in [1.29, 1.82) is 0 Å². The topological polar surface area (TPSA) is 58.4 Å². The number of carbonyl (C=O) groups excluding carboxylic acids is 1. The number of aliphatic hydroxyl groups is 1. The average molecular weight is 347 g/mol. The summed E-state index contributed by atoms with van der Waals surface area (Å²) in [5.41, 5.74) is 0.825. The minimum atomic E-state index is -0.955. The van der Waals surface area contributed by atoms with Gasteiger partial charge in [0.15, 0.2) is 11.6 Å². The van der Waals surface area contributed by atoms with Gasteiger partial charge in [-0.15, -0.1) is 0 Å². The number of β-amino-alcohol motifs (C(OH)–C–C–N with tert-alkyl or cyclic N) is 1. The number of nitrogens with zero attached hydrogens (tertiary/aromatic N) is 3. The molecule has 0 aliphatic carbocycles. The van der Waals surface area contributed by atoms with Crippen molar-refractivity contribution in [3.8, 4) is 0 Å².